The second-order valence-corrected chi connectivity index (χ2v) is 9.98. The number of amides is 1. The summed E-state index contributed by atoms with van der Waals surface area (Å²) in [7, 11) is 0. The van der Waals surface area contributed by atoms with Crippen molar-refractivity contribution in [2.75, 3.05) is 31.1 Å². The van der Waals surface area contributed by atoms with Crippen molar-refractivity contribution in [3.8, 4) is 5.69 Å². The summed E-state index contributed by atoms with van der Waals surface area (Å²) in [6.45, 7) is 9.44. The molecule has 2 aromatic carbocycles. The van der Waals surface area contributed by atoms with E-state index in [0.717, 1.165) is 72.1 Å². The Kier molecular flexibility index (Phi) is 6.98. The summed E-state index contributed by atoms with van der Waals surface area (Å²) in [5.41, 5.74) is 3.81. The second-order valence-electron chi connectivity index (χ2n) is 9.98. The van der Waals surface area contributed by atoms with E-state index in [-0.39, 0.29) is 5.91 Å². The predicted octanol–water partition coefficient (Wildman–Crippen LogP) is 4.60. The van der Waals surface area contributed by atoms with E-state index in [1.807, 2.05) is 65.0 Å². The quantitative estimate of drug-likeness (QED) is 0.402. The van der Waals surface area contributed by atoms with Crippen LogP contribution in [0.5, 0.6) is 0 Å². The maximum atomic E-state index is 13.0. The molecule has 0 saturated carbocycles. The number of fused-ring (bicyclic) bond motifs is 1. The SMILES string of the molecule is Cc1nn(-c2ccccc2)c2nc(CC(C)C)nc(N3CCCN(C(=O)Cc4ccccc4)CC3)c12. The maximum Gasteiger partial charge on any atom is 0.227 e. The number of nitrogens with zero attached hydrogens (tertiary/aromatic N) is 6. The van der Waals surface area contributed by atoms with Crippen molar-refractivity contribution in [3.05, 3.63) is 77.7 Å². The standard InChI is InChI=1S/C29H34N6O/c1-21(2)19-25-30-28(27-22(3)32-35(29(27)31-25)24-13-8-5-9-14-24)34-16-10-15-33(17-18-34)26(36)20-23-11-6-4-7-12-23/h4-9,11-14,21H,10,15-20H2,1-3H3. The van der Waals surface area contributed by atoms with Crippen LogP contribution in [-0.4, -0.2) is 56.7 Å². The van der Waals surface area contributed by atoms with Crippen LogP contribution in [0.25, 0.3) is 16.7 Å². The molecule has 3 heterocycles. The van der Waals surface area contributed by atoms with Gasteiger partial charge in [0.2, 0.25) is 5.91 Å². The van der Waals surface area contributed by atoms with E-state index in [1.54, 1.807) is 0 Å². The fraction of sp³-hybridized carbons (Fsp3) is 0.379. The molecule has 1 aliphatic heterocycles. The Morgan fingerprint density at radius 2 is 1.64 bits per heavy atom. The van der Waals surface area contributed by atoms with Gasteiger partial charge in [0.05, 0.1) is 23.2 Å². The smallest absolute Gasteiger partial charge is 0.227 e. The Bertz CT molecular complexity index is 1330. The van der Waals surface area contributed by atoms with E-state index < -0.39 is 0 Å². The zero-order chi connectivity index (χ0) is 25.1. The van der Waals surface area contributed by atoms with Crippen molar-refractivity contribution in [2.24, 2.45) is 5.92 Å². The van der Waals surface area contributed by atoms with Crippen LogP contribution >= 0.6 is 0 Å². The molecule has 1 fully saturated rings. The van der Waals surface area contributed by atoms with E-state index in [4.69, 9.17) is 15.1 Å². The normalized spacial score (nSPS) is 14.4. The lowest BCUT2D eigenvalue weighted by atomic mass is 10.1. The number of carbonyl (C=O) groups is 1. The van der Waals surface area contributed by atoms with E-state index in [9.17, 15) is 4.79 Å². The van der Waals surface area contributed by atoms with E-state index in [2.05, 4.69) is 30.9 Å². The van der Waals surface area contributed by atoms with Crippen molar-refractivity contribution in [2.45, 2.75) is 40.0 Å². The van der Waals surface area contributed by atoms with Gasteiger partial charge in [-0.1, -0.05) is 62.4 Å². The Labute approximate surface area is 212 Å². The van der Waals surface area contributed by atoms with E-state index in [0.29, 0.717) is 18.9 Å². The first-order chi connectivity index (χ1) is 17.5. The third kappa shape index (κ3) is 5.10. The molecule has 0 unspecified atom stereocenters. The highest BCUT2D eigenvalue weighted by atomic mass is 16.2. The maximum absolute atomic E-state index is 13.0. The van der Waals surface area contributed by atoms with Crippen LogP contribution in [0.1, 0.15) is 37.4 Å². The molecule has 0 aliphatic carbocycles. The number of benzene rings is 2. The third-order valence-corrected chi connectivity index (χ3v) is 6.67. The number of aromatic nitrogens is 4. The average molecular weight is 483 g/mol. The van der Waals surface area contributed by atoms with Gasteiger partial charge in [-0.25, -0.2) is 14.6 Å². The lowest BCUT2D eigenvalue weighted by Crippen LogP contribution is -2.36. The summed E-state index contributed by atoms with van der Waals surface area (Å²) < 4.78 is 1.94. The Hall–Kier alpha value is -3.74. The lowest BCUT2D eigenvalue weighted by Gasteiger charge is -2.24. The molecule has 0 bridgehead atoms. The number of rotatable bonds is 6. The molecule has 7 heteroatoms. The van der Waals surface area contributed by atoms with E-state index >= 15 is 0 Å². The zero-order valence-corrected chi connectivity index (χ0v) is 21.4. The molecule has 186 valence electrons. The Balaban J connectivity index is 1.46. The summed E-state index contributed by atoms with van der Waals surface area (Å²) >= 11 is 0. The van der Waals surface area contributed by atoms with Gasteiger partial charge < -0.3 is 9.80 Å². The predicted molar refractivity (Wildman–Crippen MR) is 143 cm³/mol. The molecule has 4 aromatic rings. The molecule has 1 amide bonds. The van der Waals surface area contributed by atoms with Crippen molar-refractivity contribution in [1.82, 2.24) is 24.6 Å². The number of anilines is 1. The fourth-order valence-electron chi connectivity index (χ4n) is 4.90. The van der Waals surface area contributed by atoms with Gasteiger partial charge in [0.1, 0.15) is 11.6 Å². The summed E-state index contributed by atoms with van der Waals surface area (Å²) in [5, 5.41) is 5.87. The van der Waals surface area contributed by atoms with Gasteiger partial charge in [0.15, 0.2) is 5.65 Å². The minimum Gasteiger partial charge on any atom is -0.354 e. The molecule has 5 rings (SSSR count). The van der Waals surface area contributed by atoms with Crippen molar-refractivity contribution in [1.29, 1.82) is 0 Å². The fourth-order valence-corrected chi connectivity index (χ4v) is 4.90. The topological polar surface area (TPSA) is 67.2 Å². The minimum absolute atomic E-state index is 0.185. The summed E-state index contributed by atoms with van der Waals surface area (Å²) in [5.74, 6) is 2.41. The Morgan fingerprint density at radius 1 is 0.917 bits per heavy atom. The first-order valence-corrected chi connectivity index (χ1v) is 12.9. The molecule has 0 atom stereocenters. The molecule has 36 heavy (non-hydrogen) atoms. The first kappa shape index (κ1) is 24.0. The van der Waals surface area contributed by atoms with Crippen LogP contribution < -0.4 is 4.90 Å². The number of hydrogen-bond donors (Lipinski definition) is 0. The number of para-hydroxylation sites is 1. The lowest BCUT2D eigenvalue weighted by molar-refractivity contribution is -0.130. The molecule has 1 saturated heterocycles. The van der Waals surface area contributed by atoms with Crippen LogP contribution in [0.15, 0.2) is 60.7 Å². The molecule has 0 N–H and O–H groups in total. The highest BCUT2D eigenvalue weighted by Crippen LogP contribution is 2.30. The van der Waals surface area contributed by atoms with Gasteiger partial charge in [-0.15, -0.1) is 0 Å². The van der Waals surface area contributed by atoms with Gasteiger partial charge in [-0.3, -0.25) is 4.79 Å². The number of hydrogen-bond acceptors (Lipinski definition) is 5. The first-order valence-electron chi connectivity index (χ1n) is 12.9. The molecule has 0 radical (unpaired) electrons. The molecule has 1 aliphatic rings. The summed E-state index contributed by atoms with van der Waals surface area (Å²) in [6, 6.07) is 20.1. The van der Waals surface area contributed by atoms with Crippen LogP contribution in [0.3, 0.4) is 0 Å². The third-order valence-electron chi connectivity index (χ3n) is 6.67. The number of aryl methyl sites for hydroxylation is 1. The zero-order valence-electron chi connectivity index (χ0n) is 21.4. The van der Waals surface area contributed by atoms with Crippen molar-refractivity contribution in [3.63, 3.8) is 0 Å². The largest absolute Gasteiger partial charge is 0.354 e. The Morgan fingerprint density at radius 3 is 2.36 bits per heavy atom. The highest BCUT2D eigenvalue weighted by Gasteiger charge is 2.25. The van der Waals surface area contributed by atoms with Gasteiger partial charge in [0.25, 0.3) is 0 Å². The molecule has 2 aromatic heterocycles. The van der Waals surface area contributed by atoms with Crippen LogP contribution in [-0.2, 0) is 17.6 Å². The van der Waals surface area contributed by atoms with Gasteiger partial charge in [0, 0.05) is 32.6 Å². The monoisotopic (exact) mass is 482 g/mol. The molecular formula is C29H34N6O. The molecular weight excluding hydrogens is 448 g/mol. The molecule has 7 nitrogen and oxygen atoms in total. The summed E-state index contributed by atoms with van der Waals surface area (Å²) in [4.78, 5) is 27.4. The second kappa shape index (κ2) is 10.5. The molecule has 0 spiro atoms. The van der Waals surface area contributed by atoms with Gasteiger partial charge in [-0.2, -0.15) is 5.10 Å². The van der Waals surface area contributed by atoms with Crippen LogP contribution in [0.4, 0.5) is 5.82 Å². The highest BCUT2D eigenvalue weighted by molar-refractivity contribution is 5.91. The van der Waals surface area contributed by atoms with Crippen LogP contribution in [0, 0.1) is 12.8 Å². The van der Waals surface area contributed by atoms with Crippen molar-refractivity contribution < 1.29 is 4.79 Å². The van der Waals surface area contributed by atoms with Gasteiger partial charge >= 0.3 is 0 Å². The minimum atomic E-state index is 0.185. The van der Waals surface area contributed by atoms with E-state index in [1.165, 1.54) is 0 Å². The summed E-state index contributed by atoms with van der Waals surface area (Å²) in [6.07, 6.45) is 2.15. The van der Waals surface area contributed by atoms with Gasteiger partial charge in [-0.05, 0) is 37.0 Å². The van der Waals surface area contributed by atoms with Crippen LogP contribution in [0.2, 0.25) is 0 Å². The average Bonchev–Trinajstić information content (AvgIpc) is 3.04. The van der Waals surface area contributed by atoms with Crippen molar-refractivity contribution >= 4 is 22.8 Å². The number of carbonyl (C=O) groups excluding carboxylic acids is 1.